The van der Waals surface area contributed by atoms with Crippen LogP contribution in [-0.4, -0.2) is 29.5 Å². The first kappa shape index (κ1) is 11.7. The highest BCUT2D eigenvalue weighted by molar-refractivity contribution is 5.72. The molecule has 1 unspecified atom stereocenters. The molecule has 0 radical (unpaired) electrons. The first-order valence-corrected chi connectivity index (χ1v) is 6.62. The van der Waals surface area contributed by atoms with Crippen LogP contribution in [0.4, 0.5) is 0 Å². The van der Waals surface area contributed by atoms with Crippen molar-refractivity contribution < 1.29 is 4.42 Å². The average molecular weight is 245 g/mol. The Balaban J connectivity index is 1.71. The molecule has 1 saturated heterocycles. The Morgan fingerprint density at radius 1 is 1.39 bits per heavy atom. The Morgan fingerprint density at radius 3 is 3.11 bits per heavy atom. The predicted molar refractivity (Wildman–Crippen MR) is 71.1 cm³/mol. The largest absolute Gasteiger partial charge is 0.439 e. The summed E-state index contributed by atoms with van der Waals surface area (Å²) in [6.07, 6.45) is 2.47. The maximum absolute atomic E-state index is 5.76. The van der Waals surface area contributed by atoms with Crippen molar-refractivity contribution in [2.75, 3.05) is 19.6 Å². The number of hydrogen-bond acceptors (Lipinski definition) is 4. The average Bonchev–Trinajstić information content (AvgIpc) is 2.81. The van der Waals surface area contributed by atoms with Gasteiger partial charge in [0.25, 0.3) is 0 Å². The summed E-state index contributed by atoms with van der Waals surface area (Å²) < 4.78 is 5.76. The number of aromatic nitrogens is 1. The molecule has 2 aromatic rings. The van der Waals surface area contributed by atoms with Crippen molar-refractivity contribution in [3.8, 4) is 0 Å². The molecule has 0 bridgehead atoms. The predicted octanol–water partition coefficient (Wildman–Crippen LogP) is 2.00. The molecule has 0 spiro atoms. The van der Waals surface area contributed by atoms with Crippen molar-refractivity contribution in [2.45, 2.75) is 19.4 Å². The number of nitrogens with two attached hydrogens (primary N) is 1. The summed E-state index contributed by atoms with van der Waals surface area (Å²) in [5, 5.41) is 0. The van der Waals surface area contributed by atoms with E-state index in [1.54, 1.807) is 0 Å². The van der Waals surface area contributed by atoms with Crippen LogP contribution in [0.15, 0.2) is 28.7 Å². The third kappa shape index (κ3) is 2.40. The van der Waals surface area contributed by atoms with Gasteiger partial charge >= 0.3 is 0 Å². The lowest BCUT2D eigenvalue weighted by molar-refractivity contribution is 0.159. The molecule has 1 aliphatic rings. The second-order valence-corrected chi connectivity index (χ2v) is 5.05. The van der Waals surface area contributed by atoms with Crippen molar-refractivity contribution >= 4 is 11.1 Å². The first-order chi connectivity index (χ1) is 8.85. The van der Waals surface area contributed by atoms with Crippen LogP contribution in [0.3, 0.4) is 0 Å². The summed E-state index contributed by atoms with van der Waals surface area (Å²) >= 11 is 0. The van der Waals surface area contributed by atoms with Gasteiger partial charge in [0, 0.05) is 6.54 Å². The van der Waals surface area contributed by atoms with E-state index in [-0.39, 0.29) is 0 Å². The monoisotopic (exact) mass is 245 g/mol. The minimum Gasteiger partial charge on any atom is -0.439 e. The normalized spacial score (nSPS) is 21.5. The van der Waals surface area contributed by atoms with E-state index in [9.17, 15) is 0 Å². The van der Waals surface area contributed by atoms with Crippen LogP contribution in [-0.2, 0) is 6.54 Å². The SMILES string of the molecule is NCC1CCCN(Cc2nc3ccccc3o2)C1. The summed E-state index contributed by atoms with van der Waals surface area (Å²) in [4.78, 5) is 6.91. The van der Waals surface area contributed by atoms with E-state index in [0.29, 0.717) is 5.92 Å². The van der Waals surface area contributed by atoms with Gasteiger partial charge < -0.3 is 10.2 Å². The van der Waals surface area contributed by atoms with E-state index in [1.807, 2.05) is 24.3 Å². The fourth-order valence-corrected chi connectivity index (χ4v) is 2.67. The quantitative estimate of drug-likeness (QED) is 0.898. The lowest BCUT2D eigenvalue weighted by Gasteiger charge is -2.30. The van der Waals surface area contributed by atoms with Crippen LogP contribution in [0.5, 0.6) is 0 Å². The third-order valence-electron chi connectivity index (χ3n) is 3.63. The van der Waals surface area contributed by atoms with Crippen LogP contribution in [0.2, 0.25) is 0 Å². The van der Waals surface area contributed by atoms with Crippen molar-refractivity contribution in [1.82, 2.24) is 9.88 Å². The summed E-state index contributed by atoms with van der Waals surface area (Å²) in [6, 6.07) is 7.91. The molecule has 0 saturated carbocycles. The van der Waals surface area contributed by atoms with Gasteiger partial charge in [-0.05, 0) is 44.0 Å². The van der Waals surface area contributed by atoms with E-state index in [0.717, 1.165) is 43.2 Å². The molecule has 4 nitrogen and oxygen atoms in total. The maximum Gasteiger partial charge on any atom is 0.209 e. The molecule has 18 heavy (non-hydrogen) atoms. The number of oxazole rings is 1. The second-order valence-electron chi connectivity index (χ2n) is 5.05. The van der Waals surface area contributed by atoms with Crippen LogP contribution >= 0.6 is 0 Å². The Kier molecular flexibility index (Phi) is 3.30. The van der Waals surface area contributed by atoms with Crippen LogP contribution < -0.4 is 5.73 Å². The van der Waals surface area contributed by atoms with E-state index >= 15 is 0 Å². The molecule has 4 heteroatoms. The van der Waals surface area contributed by atoms with Gasteiger partial charge in [-0.2, -0.15) is 0 Å². The summed E-state index contributed by atoms with van der Waals surface area (Å²) in [5.74, 6) is 1.44. The van der Waals surface area contributed by atoms with Crippen LogP contribution in [0.25, 0.3) is 11.1 Å². The molecule has 1 aromatic heterocycles. The van der Waals surface area contributed by atoms with Gasteiger partial charge in [-0.15, -0.1) is 0 Å². The molecule has 2 N–H and O–H groups in total. The molecule has 96 valence electrons. The van der Waals surface area contributed by atoms with Gasteiger partial charge in [-0.3, -0.25) is 4.90 Å². The number of likely N-dealkylation sites (tertiary alicyclic amines) is 1. The highest BCUT2D eigenvalue weighted by Crippen LogP contribution is 2.20. The van der Waals surface area contributed by atoms with Crippen molar-refractivity contribution in [3.05, 3.63) is 30.2 Å². The summed E-state index contributed by atoms with van der Waals surface area (Å²) in [5.41, 5.74) is 7.57. The zero-order valence-corrected chi connectivity index (χ0v) is 10.5. The Bertz CT molecular complexity index is 489. The summed E-state index contributed by atoms with van der Waals surface area (Å²) in [6.45, 7) is 3.76. The second kappa shape index (κ2) is 5.08. The van der Waals surface area contributed by atoms with Gasteiger partial charge in [-0.1, -0.05) is 12.1 Å². The number of para-hydroxylation sites is 2. The molecular weight excluding hydrogens is 226 g/mol. The van der Waals surface area contributed by atoms with Crippen LogP contribution in [0, 0.1) is 5.92 Å². The highest BCUT2D eigenvalue weighted by atomic mass is 16.3. The molecule has 3 rings (SSSR count). The zero-order valence-electron chi connectivity index (χ0n) is 10.5. The smallest absolute Gasteiger partial charge is 0.209 e. The topological polar surface area (TPSA) is 55.3 Å². The summed E-state index contributed by atoms with van der Waals surface area (Å²) in [7, 11) is 0. The molecule has 1 atom stereocenters. The maximum atomic E-state index is 5.76. The van der Waals surface area contributed by atoms with Gasteiger partial charge in [0.15, 0.2) is 5.58 Å². The van der Waals surface area contributed by atoms with E-state index in [2.05, 4.69) is 9.88 Å². The first-order valence-electron chi connectivity index (χ1n) is 6.62. The third-order valence-corrected chi connectivity index (χ3v) is 3.63. The molecule has 1 aliphatic heterocycles. The van der Waals surface area contributed by atoms with Crippen molar-refractivity contribution in [2.24, 2.45) is 11.7 Å². The standard InChI is InChI=1S/C14H19N3O/c15-8-11-4-3-7-17(9-11)10-14-16-12-5-1-2-6-13(12)18-14/h1-2,5-6,11H,3-4,7-10,15H2. The van der Waals surface area contributed by atoms with E-state index in [1.165, 1.54) is 12.8 Å². The van der Waals surface area contributed by atoms with E-state index in [4.69, 9.17) is 10.2 Å². The van der Waals surface area contributed by atoms with Gasteiger partial charge in [0.1, 0.15) is 5.52 Å². The van der Waals surface area contributed by atoms with Gasteiger partial charge in [-0.25, -0.2) is 4.98 Å². The molecule has 1 fully saturated rings. The lowest BCUT2D eigenvalue weighted by Crippen LogP contribution is -2.37. The van der Waals surface area contributed by atoms with Crippen LogP contribution in [0.1, 0.15) is 18.7 Å². The molecule has 2 heterocycles. The molecule has 0 amide bonds. The van der Waals surface area contributed by atoms with Gasteiger partial charge in [0.2, 0.25) is 5.89 Å². The fourth-order valence-electron chi connectivity index (χ4n) is 2.67. The van der Waals surface area contributed by atoms with Crippen molar-refractivity contribution in [1.29, 1.82) is 0 Å². The van der Waals surface area contributed by atoms with Crippen molar-refractivity contribution in [3.63, 3.8) is 0 Å². The Labute approximate surface area is 107 Å². The fraction of sp³-hybridized carbons (Fsp3) is 0.500. The minimum absolute atomic E-state index is 0.628. The molecule has 1 aromatic carbocycles. The number of fused-ring (bicyclic) bond motifs is 1. The van der Waals surface area contributed by atoms with Gasteiger partial charge in [0.05, 0.1) is 6.54 Å². The lowest BCUT2D eigenvalue weighted by atomic mass is 9.98. The zero-order chi connectivity index (χ0) is 12.4. The number of piperidine rings is 1. The highest BCUT2D eigenvalue weighted by Gasteiger charge is 2.20. The number of rotatable bonds is 3. The number of nitrogens with zero attached hydrogens (tertiary/aromatic N) is 2. The Hall–Kier alpha value is -1.39. The number of benzene rings is 1. The Morgan fingerprint density at radius 2 is 2.28 bits per heavy atom. The minimum atomic E-state index is 0.628. The molecule has 0 aliphatic carbocycles. The van der Waals surface area contributed by atoms with E-state index < -0.39 is 0 Å². The molecular formula is C14H19N3O. The number of hydrogen-bond donors (Lipinski definition) is 1.